The van der Waals surface area contributed by atoms with E-state index < -0.39 is 0 Å². The number of hydrogen-bond donors (Lipinski definition) is 0. The van der Waals surface area contributed by atoms with E-state index in [4.69, 9.17) is 4.74 Å². The number of thioether (sulfide) groups is 1. The Labute approximate surface area is 91.5 Å². The van der Waals surface area contributed by atoms with Gasteiger partial charge in [-0.1, -0.05) is 17.8 Å². The molecular formula is C11H9NO2S. The van der Waals surface area contributed by atoms with Gasteiger partial charge in [-0.2, -0.15) is 4.99 Å². The van der Waals surface area contributed by atoms with Crippen LogP contribution < -0.4 is 4.74 Å². The SMILES string of the molecule is O=C=NC1(c2ccc3c(c2)OCS3)CC1. The summed E-state index contributed by atoms with van der Waals surface area (Å²) in [4.78, 5) is 15.4. The summed E-state index contributed by atoms with van der Waals surface area (Å²) in [6.07, 6.45) is 3.54. The first-order chi connectivity index (χ1) is 7.34. The molecule has 15 heavy (non-hydrogen) atoms. The lowest BCUT2D eigenvalue weighted by atomic mass is 10.1. The fourth-order valence-corrected chi connectivity index (χ4v) is 2.59. The highest BCUT2D eigenvalue weighted by Gasteiger charge is 2.45. The fraction of sp³-hybridized carbons (Fsp3) is 0.364. The van der Waals surface area contributed by atoms with Gasteiger partial charge in [0, 0.05) is 0 Å². The summed E-state index contributed by atoms with van der Waals surface area (Å²) < 4.78 is 5.46. The molecule has 4 heteroatoms. The molecule has 1 fully saturated rings. The van der Waals surface area contributed by atoms with E-state index in [2.05, 4.69) is 4.99 Å². The fourth-order valence-electron chi connectivity index (χ4n) is 1.86. The molecule has 1 heterocycles. The Morgan fingerprint density at radius 1 is 1.47 bits per heavy atom. The Morgan fingerprint density at radius 2 is 2.33 bits per heavy atom. The zero-order valence-corrected chi connectivity index (χ0v) is 8.84. The van der Waals surface area contributed by atoms with Gasteiger partial charge in [0.1, 0.15) is 11.7 Å². The van der Waals surface area contributed by atoms with Crippen LogP contribution in [0.5, 0.6) is 5.75 Å². The van der Waals surface area contributed by atoms with E-state index in [-0.39, 0.29) is 5.54 Å². The second-order valence-corrected chi connectivity index (χ2v) is 4.77. The van der Waals surface area contributed by atoms with Gasteiger partial charge in [0.25, 0.3) is 0 Å². The summed E-state index contributed by atoms with van der Waals surface area (Å²) in [5, 5.41) is 0. The van der Waals surface area contributed by atoms with Crippen LogP contribution in [0.15, 0.2) is 28.1 Å². The number of nitrogens with zero attached hydrogens (tertiary/aromatic N) is 1. The van der Waals surface area contributed by atoms with E-state index in [0.29, 0.717) is 5.94 Å². The number of fused-ring (bicyclic) bond motifs is 1. The third kappa shape index (κ3) is 1.37. The maximum Gasteiger partial charge on any atom is 0.235 e. The third-order valence-electron chi connectivity index (χ3n) is 2.89. The zero-order valence-electron chi connectivity index (χ0n) is 8.03. The van der Waals surface area contributed by atoms with E-state index in [1.54, 1.807) is 17.8 Å². The van der Waals surface area contributed by atoms with Crippen LogP contribution in [-0.2, 0) is 10.3 Å². The van der Waals surface area contributed by atoms with Gasteiger partial charge in [-0.3, -0.25) is 0 Å². The Bertz CT molecular complexity index is 462. The van der Waals surface area contributed by atoms with Crippen LogP contribution in [0.4, 0.5) is 0 Å². The molecule has 0 amide bonds. The van der Waals surface area contributed by atoms with Gasteiger partial charge in [0.05, 0.1) is 10.4 Å². The number of aliphatic imine (C=N–C) groups is 1. The molecule has 0 unspecified atom stereocenters. The molecule has 0 saturated heterocycles. The first kappa shape index (κ1) is 9.01. The van der Waals surface area contributed by atoms with Gasteiger partial charge in [-0.25, -0.2) is 4.79 Å². The highest BCUT2D eigenvalue weighted by Crippen LogP contribution is 2.51. The molecular weight excluding hydrogens is 210 g/mol. The summed E-state index contributed by atoms with van der Waals surface area (Å²) in [6, 6.07) is 6.08. The number of rotatable bonds is 2. The van der Waals surface area contributed by atoms with Gasteiger partial charge in [0.15, 0.2) is 0 Å². The molecule has 0 spiro atoms. The van der Waals surface area contributed by atoms with Crippen molar-refractivity contribution in [3.63, 3.8) is 0 Å². The van der Waals surface area contributed by atoms with E-state index in [1.807, 2.05) is 18.2 Å². The van der Waals surface area contributed by atoms with Crippen LogP contribution in [0.1, 0.15) is 18.4 Å². The van der Waals surface area contributed by atoms with Crippen molar-refractivity contribution in [1.82, 2.24) is 0 Å². The summed E-state index contributed by atoms with van der Waals surface area (Å²) >= 11 is 1.69. The molecule has 0 bridgehead atoms. The predicted octanol–water partition coefficient (Wildman–Crippen LogP) is 2.45. The van der Waals surface area contributed by atoms with Crippen LogP contribution >= 0.6 is 11.8 Å². The number of hydrogen-bond acceptors (Lipinski definition) is 4. The molecule has 0 atom stereocenters. The molecule has 1 aliphatic carbocycles. The molecule has 3 nitrogen and oxygen atoms in total. The Hall–Kier alpha value is -1.25. The average molecular weight is 219 g/mol. The van der Waals surface area contributed by atoms with Gasteiger partial charge < -0.3 is 4.74 Å². The average Bonchev–Trinajstić information content (AvgIpc) is 2.89. The van der Waals surface area contributed by atoms with Crippen molar-refractivity contribution in [2.24, 2.45) is 4.99 Å². The van der Waals surface area contributed by atoms with E-state index in [0.717, 1.165) is 24.2 Å². The minimum absolute atomic E-state index is 0.284. The minimum atomic E-state index is -0.284. The first-order valence-electron chi connectivity index (χ1n) is 4.83. The second kappa shape index (κ2) is 3.12. The number of carbonyl (C=O) groups excluding carboxylic acids is 1. The molecule has 3 rings (SSSR count). The molecule has 2 aliphatic rings. The quantitative estimate of drug-likeness (QED) is 0.566. The highest BCUT2D eigenvalue weighted by molar-refractivity contribution is 7.99. The standard InChI is InChI=1S/C11H9NO2S/c13-6-12-11(3-4-11)8-1-2-10-9(5-8)14-7-15-10/h1-2,5H,3-4,7H2. The van der Waals surface area contributed by atoms with E-state index in [1.165, 1.54) is 4.90 Å². The maximum atomic E-state index is 10.3. The maximum absolute atomic E-state index is 10.3. The van der Waals surface area contributed by atoms with Crippen molar-refractivity contribution in [3.05, 3.63) is 23.8 Å². The van der Waals surface area contributed by atoms with Gasteiger partial charge in [0.2, 0.25) is 6.08 Å². The van der Waals surface area contributed by atoms with Crippen molar-refractivity contribution in [3.8, 4) is 5.75 Å². The largest absolute Gasteiger partial charge is 0.481 e. The Kier molecular flexibility index (Phi) is 1.87. The second-order valence-electron chi connectivity index (χ2n) is 3.80. The molecule has 1 aromatic carbocycles. The van der Waals surface area contributed by atoms with Crippen LogP contribution in [0, 0.1) is 0 Å². The summed E-state index contributed by atoms with van der Waals surface area (Å²) in [6.45, 7) is 0. The van der Waals surface area contributed by atoms with Gasteiger partial charge in [-0.05, 0) is 30.5 Å². The van der Waals surface area contributed by atoms with Crippen molar-refractivity contribution in [1.29, 1.82) is 0 Å². The van der Waals surface area contributed by atoms with Crippen LogP contribution in [0.2, 0.25) is 0 Å². The lowest BCUT2D eigenvalue weighted by Gasteiger charge is -2.08. The summed E-state index contributed by atoms with van der Waals surface area (Å²) in [5.74, 6) is 1.60. The van der Waals surface area contributed by atoms with Crippen LogP contribution in [0.25, 0.3) is 0 Å². The number of benzene rings is 1. The zero-order chi connectivity index (χ0) is 10.3. The lowest BCUT2D eigenvalue weighted by Crippen LogP contribution is -2.01. The smallest absolute Gasteiger partial charge is 0.235 e. The third-order valence-corrected chi connectivity index (χ3v) is 3.78. The van der Waals surface area contributed by atoms with Crippen molar-refractivity contribution >= 4 is 17.8 Å². The molecule has 0 aromatic heterocycles. The highest BCUT2D eigenvalue weighted by atomic mass is 32.2. The Morgan fingerprint density at radius 3 is 3.07 bits per heavy atom. The molecule has 1 saturated carbocycles. The minimum Gasteiger partial charge on any atom is -0.481 e. The molecule has 0 N–H and O–H groups in total. The van der Waals surface area contributed by atoms with Crippen molar-refractivity contribution in [2.75, 3.05) is 5.94 Å². The topological polar surface area (TPSA) is 38.7 Å². The summed E-state index contributed by atoms with van der Waals surface area (Å²) in [5.41, 5.74) is 0.792. The predicted molar refractivity (Wildman–Crippen MR) is 56.8 cm³/mol. The van der Waals surface area contributed by atoms with Crippen molar-refractivity contribution in [2.45, 2.75) is 23.3 Å². The first-order valence-corrected chi connectivity index (χ1v) is 5.82. The Balaban J connectivity index is 2.03. The van der Waals surface area contributed by atoms with E-state index >= 15 is 0 Å². The summed E-state index contributed by atoms with van der Waals surface area (Å²) in [7, 11) is 0. The number of ether oxygens (including phenoxy) is 1. The van der Waals surface area contributed by atoms with Crippen LogP contribution in [-0.4, -0.2) is 12.0 Å². The molecule has 76 valence electrons. The number of isocyanates is 1. The lowest BCUT2D eigenvalue weighted by molar-refractivity contribution is 0.396. The van der Waals surface area contributed by atoms with Gasteiger partial charge in [-0.15, -0.1) is 0 Å². The molecule has 0 radical (unpaired) electrons. The van der Waals surface area contributed by atoms with Crippen LogP contribution in [0.3, 0.4) is 0 Å². The van der Waals surface area contributed by atoms with Crippen molar-refractivity contribution < 1.29 is 9.53 Å². The monoisotopic (exact) mass is 219 g/mol. The normalized spacial score (nSPS) is 20.0. The molecule has 1 aromatic rings. The van der Waals surface area contributed by atoms with E-state index in [9.17, 15) is 4.79 Å². The van der Waals surface area contributed by atoms with Gasteiger partial charge >= 0.3 is 0 Å². The molecule has 1 aliphatic heterocycles.